The second-order valence-electron chi connectivity index (χ2n) is 7.96. The first-order chi connectivity index (χ1) is 16.0. The third kappa shape index (κ3) is 3.03. The maximum Gasteiger partial charge on any atom is 0.272 e. The van der Waals surface area contributed by atoms with E-state index in [2.05, 4.69) is 20.1 Å². The number of aromatic amines is 1. The molecule has 0 unspecified atom stereocenters. The summed E-state index contributed by atoms with van der Waals surface area (Å²) in [7, 11) is 1.74. The molecule has 0 aliphatic rings. The molecule has 1 N–H and O–H groups in total. The lowest BCUT2D eigenvalue weighted by Gasteiger charge is -2.15. The Bertz CT molecular complexity index is 1670. The molecule has 0 bridgehead atoms. The molecule has 0 spiro atoms. The Balaban J connectivity index is 1.85. The maximum atomic E-state index is 15.8. The number of hydrogen-bond acceptors (Lipinski definition) is 3. The van der Waals surface area contributed by atoms with Crippen LogP contribution in [0, 0.1) is 19.3 Å². The average molecular weight is 437 g/mol. The molecule has 5 aromatic rings. The highest BCUT2D eigenvalue weighted by atomic mass is 19.1. The number of benzene rings is 3. The van der Waals surface area contributed by atoms with E-state index in [0.29, 0.717) is 34.0 Å². The number of nitrogens with one attached hydrogen (secondary N) is 1. The van der Waals surface area contributed by atoms with Gasteiger partial charge in [0.05, 0.1) is 29.5 Å². The first-order valence-electron chi connectivity index (χ1n) is 10.6. The van der Waals surface area contributed by atoms with E-state index in [9.17, 15) is 4.79 Å². The maximum absolute atomic E-state index is 15.8. The van der Waals surface area contributed by atoms with Crippen molar-refractivity contribution in [2.24, 2.45) is 7.05 Å². The molecular weight excluding hydrogens is 417 g/mol. The van der Waals surface area contributed by atoms with Gasteiger partial charge in [-0.1, -0.05) is 37.3 Å². The third-order valence-corrected chi connectivity index (χ3v) is 6.17. The zero-order valence-electron chi connectivity index (χ0n) is 18.4. The van der Waals surface area contributed by atoms with Gasteiger partial charge >= 0.3 is 0 Å². The molecule has 0 amide bonds. The molecule has 0 aliphatic heterocycles. The number of nitrogens with zero attached hydrogens (tertiary/aromatic N) is 4. The summed E-state index contributed by atoms with van der Waals surface area (Å²) in [6, 6.07) is 12.8. The zero-order valence-corrected chi connectivity index (χ0v) is 18.4. The van der Waals surface area contributed by atoms with E-state index in [-0.39, 0.29) is 16.8 Å². The van der Waals surface area contributed by atoms with Crippen molar-refractivity contribution in [1.82, 2.24) is 20.0 Å². The quantitative estimate of drug-likeness (QED) is 0.368. The Labute approximate surface area is 189 Å². The highest BCUT2D eigenvalue weighted by Gasteiger charge is 2.24. The summed E-state index contributed by atoms with van der Waals surface area (Å²) in [6.07, 6.45) is 2.32. The van der Waals surface area contributed by atoms with Crippen LogP contribution in [-0.4, -0.2) is 20.0 Å². The van der Waals surface area contributed by atoms with Crippen LogP contribution < -0.4 is 5.56 Å². The summed E-state index contributed by atoms with van der Waals surface area (Å²) in [4.78, 5) is 16.0. The van der Waals surface area contributed by atoms with Crippen LogP contribution in [0.5, 0.6) is 0 Å². The van der Waals surface area contributed by atoms with Crippen LogP contribution in [0.25, 0.3) is 48.8 Å². The van der Waals surface area contributed by atoms with Gasteiger partial charge in [0.2, 0.25) is 5.69 Å². The van der Waals surface area contributed by atoms with Gasteiger partial charge in [-0.3, -0.25) is 9.48 Å². The van der Waals surface area contributed by atoms with E-state index in [1.807, 2.05) is 43.3 Å². The molecule has 0 saturated carbocycles. The fourth-order valence-electron chi connectivity index (χ4n) is 4.50. The van der Waals surface area contributed by atoms with Gasteiger partial charge in [-0.15, -0.1) is 0 Å². The Kier molecular flexibility index (Phi) is 4.79. The average Bonchev–Trinajstić information content (AvgIpc) is 3.22. The Morgan fingerprint density at radius 1 is 1.12 bits per heavy atom. The fraction of sp³-hybridized carbons (Fsp3) is 0.154. The van der Waals surface area contributed by atoms with Crippen LogP contribution in [0.1, 0.15) is 18.2 Å². The van der Waals surface area contributed by atoms with E-state index >= 15 is 4.39 Å². The predicted molar refractivity (Wildman–Crippen MR) is 128 cm³/mol. The van der Waals surface area contributed by atoms with Gasteiger partial charge in [-0.25, -0.2) is 14.3 Å². The SMILES string of the molecule is [C-]#[N+]c1c(-c2c(-c3ccc4c(=O)[nH]nc(CC)c4c3)cnn2C)c(F)c(C)c2ccccc12. The van der Waals surface area contributed by atoms with E-state index in [1.165, 1.54) is 0 Å². The van der Waals surface area contributed by atoms with Crippen LogP contribution in [0.2, 0.25) is 0 Å². The summed E-state index contributed by atoms with van der Waals surface area (Å²) < 4.78 is 17.4. The van der Waals surface area contributed by atoms with Crippen molar-refractivity contribution in [3.05, 3.63) is 87.5 Å². The number of H-pyrrole nitrogens is 1. The number of halogens is 1. The van der Waals surface area contributed by atoms with E-state index in [1.54, 1.807) is 30.9 Å². The molecule has 0 atom stereocenters. The van der Waals surface area contributed by atoms with Crippen molar-refractivity contribution < 1.29 is 4.39 Å². The monoisotopic (exact) mass is 437 g/mol. The topological polar surface area (TPSA) is 67.9 Å². The van der Waals surface area contributed by atoms with Gasteiger partial charge in [0.1, 0.15) is 5.82 Å². The fourth-order valence-corrected chi connectivity index (χ4v) is 4.50. The zero-order chi connectivity index (χ0) is 23.3. The third-order valence-electron chi connectivity index (χ3n) is 6.17. The van der Waals surface area contributed by atoms with Crippen molar-refractivity contribution in [2.45, 2.75) is 20.3 Å². The summed E-state index contributed by atoms with van der Waals surface area (Å²) in [5, 5.41) is 13.8. The van der Waals surface area contributed by atoms with Crippen molar-refractivity contribution in [2.75, 3.05) is 0 Å². The number of hydrogen-bond donors (Lipinski definition) is 1. The minimum absolute atomic E-state index is 0.232. The molecule has 0 aliphatic carbocycles. The largest absolute Gasteiger partial charge is 0.272 e. The van der Waals surface area contributed by atoms with Crippen molar-refractivity contribution in [3.8, 4) is 22.4 Å². The molecular formula is C26H20FN5O. The molecule has 0 saturated heterocycles. The van der Waals surface area contributed by atoms with E-state index < -0.39 is 5.82 Å². The molecule has 162 valence electrons. The normalized spacial score (nSPS) is 11.2. The molecule has 5 rings (SSSR count). The summed E-state index contributed by atoms with van der Waals surface area (Å²) in [5.41, 5.74) is 3.46. The van der Waals surface area contributed by atoms with Gasteiger partial charge in [0.25, 0.3) is 5.56 Å². The van der Waals surface area contributed by atoms with Crippen LogP contribution in [-0.2, 0) is 13.5 Å². The lowest BCUT2D eigenvalue weighted by Crippen LogP contribution is -2.10. The second kappa shape index (κ2) is 7.68. The second-order valence-corrected chi connectivity index (χ2v) is 7.96. The van der Waals surface area contributed by atoms with Crippen LogP contribution in [0.3, 0.4) is 0 Å². The van der Waals surface area contributed by atoms with Gasteiger partial charge in [-0.05, 0) is 47.4 Å². The molecule has 7 heteroatoms. The Hall–Kier alpha value is -4.31. The van der Waals surface area contributed by atoms with Gasteiger partial charge in [0, 0.05) is 23.6 Å². The Morgan fingerprint density at radius 3 is 2.61 bits per heavy atom. The Morgan fingerprint density at radius 2 is 1.88 bits per heavy atom. The van der Waals surface area contributed by atoms with Gasteiger partial charge in [0.15, 0.2) is 0 Å². The predicted octanol–water partition coefficient (Wildman–Crippen LogP) is 5.70. The van der Waals surface area contributed by atoms with Gasteiger partial charge < -0.3 is 0 Å². The van der Waals surface area contributed by atoms with Crippen LogP contribution in [0.4, 0.5) is 10.1 Å². The molecule has 33 heavy (non-hydrogen) atoms. The highest BCUT2D eigenvalue weighted by Crippen LogP contribution is 2.44. The summed E-state index contributed by atoms with van der Waals surface area (Å²) >= 11 is 0. The number of aromatic nitrogens is 4. The van der Waals surface area contributed by atoms with Crippen LogP contribution >= 0.6 is 0 Å². The van der Waals surface area contributed by atoms with Crippen molar-refractivity contribution in [1.29, 1.82) is 0 Å². The lowest BCUT2D eigenvalue weighted by atomic mass is 9.93. The van der Waals surface area contributed by atoms with E-state index in [0.717, 1.165) is 22.0 Å². The number of rotatable bonds is 3. The van der Waals surface area contributed by atoms with Crippen molar-refractivity contribution >= 4 is 27.2 Å². The smallest absolute Gasteiger partial charge is 0.268 e. The first-order valence-corrected chi connectivity index (χ1v) is 10.6. The molecule has 2 heterocycles. The molecule has 6 nitrogen and oxygen atoms in total. The highest BCUT2D eigenvalue weighted by molar-refractivity contribution is 6.05. The molecule has 0 radical (unpaired) electrons. The molecule has 0 fully saturated rings. The molecule has 3 aromatic carbocycles. The lowest BCUT2D eigenvalue weighted by molar-refractivity contribution is 0.622. The van der Waals surface area contributed by atoms with Crippen LogP contribution in [0.15, 0.2) is 53.5 Å². The number of aryl methyl sites for hydroxylation is 3. The standard InChI is InChI=1S/C26H20FN5O/c1-5-21-19-12-15(10-11-18(19)26(33)31-30-21)20-13-29-32(4)25(20)22-23(27)14(2)16-8-6-7-9-17(16)24(22)28-3/h6-13H,5H2,1-2,4H3,(H,31,33). The van der Waals surface area contributed by atoms with Crippen molar-refractivity contribution in [3.63, 3.8) is 0 Å². The first kappa shape index (κ1) is 20.6. The number of fused-ring (bicyclic) bond motifs is 2. The minimum atomic E-state index is -0.433. The summed E-state index contributed by atoms with van der Waals surface area (Å²) in [6.45, 7) is 11.5. The molecule has 2 aromatic heterocycles. The summed E-state index contributed by atoms with van der Waals surface area (Å²) in [5.74, 6) is -0.433. The minimum Gasteiger partial charge on any atom is -0.268 e. The van der Waals surface area contributed by atoms with E-state index in [4.69, 9.17) is 6.57 Å². The van der Waals surface area contributed by atoms with Gasteiger partial charge in [-0.2, -0.15) is 10.2 Å².